The molecule has 1 N–H and O–H groups in total. The number of amides is 1. The number of piperidine rings is 1. The normalized spacial score (nSPS) is 29.1. The van der Waals surface area contributed by atoms with E-state index in [1.807, 2.05) is 0 Å². The molecular formula is C10H13NO4. The first-order valence-corrected chi connectivity index (χ1v) is 5.01. The molecule has 0 radical (unpaired) electrons. The Kier molecular flexibility index (Phi) is 2.06. The molecule has 2 aliphatic rings. The van der Waals surface area contributed by atoms with Crippen LogP contribution in [-0.2, 0) is 14.4 Å². The highest BCUT2D eigenvalue weighted by molar-refractivity contribution is 6.18. The first-order chi connectivity index (χ1) is 6.98. The van der Waals surface area contributed by atoms with Crippen molar-refractivity contribution in [1.29, 1.82) is 0 Å². The zero-order chi connectivity index (χ0) is 11.2. The molecule has 2 rings (SSSR count). The van der Waals surface area contributed by atoms with E-state index in [4.69, 9.17) is 5.11 Å². The lowest BCUT2D eigenvalue weighted by Crippen LogP contribution is -2.63. The van der Waals surface area contributed by atoms with Gasteiger partial charge in [0.2, 0.25) is 5.91 Å². The predicted molar refractivity (Wildman–Crippen MR) is 50.1 cm³/mol. The predicted octanol–water partition coefficient (Wildman–Crippen LogP) is 0.0411. The molecule has 1 amide bonds. The van der Waals surface area contributed by atoms with Crippen LogP contribution in [0.25, 0.3) is 0 Å². The van der Waals surface area contributed by atoms with E-state index in [2.05, 4.69) is 0 Å². The Balaban J connectivity index is 2.28. The number of likely N-dealkylation sites (tertiary alicyclic amines) is 1. The molecule has 0 aromatic heterocycles. The first kappa shape index (κ1) is 10.1. The van der Waals surface area contributed by atoms with Crippen LogP contribution in [0.5, 0.6) is 0 Å². The Morgan fingerprint density at radius 2 is 2.07 bits per heavy atom. The van der Waals surface area contributed by atoms with Gasteiger partial charge in [-0.2, -0.15) is 0 Å². The van der Waals surface area contributed by atoms with Crippen LogP contribution < -0.4 is 0 Å². The van der Waals surface area contributed by atoms with E-state index in [0.29, 0.717) is 0 Å². The molecule has 1 atom stereocenters. The summed E-state index contributed by atoms with van der Waals surface area (Å²) in [5, 5.41) is 8.79. The molecule has 82 valence electrons. The van der Waals surface area contributed by atoms with Crippen LogP contribution >= 0.6 is 0 Å². The monoisotopic (exact) mass is 211 g/mol. The van der Waals surface area contributed by atoms with E-state index in [1.165, 1.54) is 4.90 Å². The molecule has 0 bridgehead atoms. The van der Waals surface area contributed by atoms with Crippen molar-refractivity contribution in [1.82, 2.24) is 4.90 Å². The van der Waals surface area contributed by atoms with Crippen molar-refractivity contribution in [2.75, 3.05) is 7.05 Å². The fourth-order valence-corrected chi connectivity index (χ4v) is 2.45. The van der Waals surface area contributed by atoms with Gasteiger partial charge >= 0.3 is 5.97 Å². The number of rotatable bonds is 1. The zero-order valence-corrected chi connectivity index (χ0v) is 8.52. The molecule has 1 unspecified atom stereocenters. The van der Waals surface area contributed by atoms with Crippen molar-refractivity contribution in [3.05, 3.63) is 0 Å². The van der Waals surface area contributed by atoms with Gasteiger partial charge in [0.15, 0.2) is 11.7 Å². The van der Waals surface area contributed by atoms with E-state index in [-0.39, 0.29) is 12.0 Å². The summed E-state index contributed by atoms with van der Waals surface area (Å²) in [5.41, 5.74) is -0.361. The van der Waals surface area contributed by atoms with Gasteiger partial charge in [0.1, 0.15) is 0 Å². The van der Waals surface area contributed by atoms with Gasteiger partial charge in [-0.3, -0.25) is 14.4 Å². The molecule has 1 heterocycles. The number of Topliss-reactive ketones (excluding diaryl/α,β-unsaturated/α-hetero) is 1. The van der Waals surface area contributed by atoms with Crippen molar-refractivity contribution in [2.24, 2.45) is 5.92 Å². The largest absolute Gasteiger partial charge is 0.480 e. The number of ketones is 1. The Morgan fingerprint density at radius 1 is 1.47 bits per heavy atom. The highest BCUT2D eigenvalue weighted by Gasteiger charge is 2.53. The fourth-order valence-electron chi connectivity index (χ4n) is 2.45. The van der Waals surface area contributed by atoms with E-state index in [1.54, 1.807) is 7.05 Å². The van der Waals surface area contributed by atoms with Crippen molar-refractivity contribution in [3.8, 4) is 0 Å². The number of carbonyl (C=O) groups is 3. The van der Waals surface area contributed by atoms with Crippen LogP contribution in [-0.4, -0.2) is 40.3 Å². The Labute approximate surface area is 87.1 Å². The van der Waals surface area contributed by atoms with Crippen LogP contribution in [0, 0.1) is 5.92 Å². The third kappa shape index (κ3) is 1.26. The van der Waals surface area contributed by atoms with Crippen molar-refractivity contribution >= 4 is 17.7 Å². The van der Waals surface area contributed by atoms with Crippen LogP contribution in [0.15, 0.2) is 0 Å². The quantitative estimate of drug-likeness (QED) is 0.621. The summed E-state index contributed by atoms with van der Waals surface area (Å²) in [4.78, 5) is 35.5. The Hall–Kier alpha value is -1.39. The van der Waals surface area contributed by atoms with Crippen LogP contribution in [0.4, 0.5) is 0 Å². The van der Waals surface area contributed by atoms with Gasteiger partial charge in [0.25, 0.3) is 0 Å². The summed E-state index contributed by atoms with van der Waals surface area (Å²) in [5.74, 6) is -3.80. The SMILES string of the molecule is CN1C(=O)C(C(=O)O)C(=O)CC12CCC2. The first-order valence-electron chi connectivity index (χ1n) is 5.01. The summed E-state index contributed by atoms with van der Waals surface area (Å²) in [6.45, 7) is 0. The van der Waals surface area contributed by atoms with E-state index in [9.17, 15) is 14.4 Å². The molecule has 1 aliphatic carbocycles. The molecule has 5 nitrogen and oxygen atoms in total. The second kappa shape index (κ2) is 3.05. The molecule has 1 saturated carbocycles. The van der Waals surface area contributed by atoms with E-state index >= 15 is 0 Å². The number of nitrogens with zero attached hydrogens (tertiary/aromatic N) is 1. The summed E-state index contributed by atoms with van der Waals surface area (Å²) >= 11 is 0. The summed E-state index contributed by atoms with van der Waals surface area (Å²) in [6, 6.07) is 0. The maximum Gasteiger partial charge on any atom is 0.323 e. The molecular weight excluding hydrogens is 198 g/mol. The summed E-state index contributed by atoms with van der Waals surface area (Å²) in [7, 11) is 1.60. The van der Waals surface area contributed by atoms with Gasteiger partial charge in [-0.1, -0.05) is 0 Å². The summed E-state index contributed by atoms with van der Waals surface area (Å²) < 4.78 is 0. The molecule has 5 heteroatoms. The number of carboxylic acid groups (broad SMARTS) is 1. The van der Waals surface area contributed by atoms with Crippen molar-refractivity contribution in [2.45, 2.75) is 31.2 Å². The maximum absolute atomic E-state index is 11.7. The zero-order valence-electron chi connectivity index (χ0n) is 8.52. The van der Waals surface area contributed by atoms with E-state index in [0.717, 1.165) is 19.3 Å². The maximum atomic E-state index is 11.7. The third-order valence-electron chi connectivity index (χ3n) is 3.65. The highest BCUT2D eigenvalue weighted by Crippen LogP contribution is 2.43. The van der Waals surface area contributed by atoms with Gasteiger partial charge in [-0.25, -0.2) is 0 Å². The number of carboxylic acids is 1. The number of hydrogen-bond donors (Lipinski definition) is 1. The topological polar surface area (TPSA) is 74.7 Å². The van der Waals surface area contributed by atoms with Crippen molar-refractivity contribution in [3.63, 3.8) is 0 Å². The molecule has 15 heavy (non-hydrogen) atoms. The van der Waals surface area contributed by atoms with Crippen molar-refractivity contribution < 1.29 is 19.5 Å². The van der Waals surface area contributed by atoms with Gasteiger partial charge in [-0.15, -0.1) is 0 Å². The molecule has 1 spiro atoms. The minimum Gasteiger partial charge on any atom is -0.480 e. The van der Waals surface area contributed by atoms with Gasteiger partial charge in [-0.05, 0) is 19.3 Å². The van der Waals surface area contributed by atoms with Crippen LogP contribution in [0.3, 0.4) is 0 Å². The van der Waals surface area contributed by atoms with Gasteiger partial charge in [0.05, 0.1) is 0 Å². The lowest BCUT2D eigenvalue weighted by Gasteiger charge is -2.51. The molecule has 2 fully saturated rings. The number of hydrogen-bond acceptors (Lipinski definition) is 3. The number of carbonyl (C=O) groups excluding carboxylic acids is 2. The summed E-state index contributed by atoms with van der Waals surface area (Å²) in [6.07, 6.45) is 2.83. The smallest absolute Gasteiger partial charge is 0.323 e. The Morgan fingerprint density at radius 3 is 2.47 bits per heavy atom. The van der Waals surface area contributed by atoms with Crippen LogP contribution in [0.1, 0.15) is 25.7 Å². The minimum absolute atomic E-state index is 0.201. The molecule has 0 aromatic carbocycles. The average Bonchev–Trinajstić information content (AvgIpc) is 2.08. The molecule has 0 aromatic rings. The standard InChI is InChI=1S/C10H13NO4/c1-11-8(13)7(9(14)15)6(12)5-10(11)3-2-4-10/h7H,2-5H2,1H3,(H,14,15). The van der Waals surface area contributed by atoms with Crippen LogP contribution in [0.2, 0.25) is 0 Å². The number of aliphatic carboxylic acids is 1. The minimum atomic E-state index is -1.47. The van der Waals surface area contributed by atoms with Gasteiger partial charge < -0.3 is 10.0 Å². The second-order valence-electron chi connectivity index (χ2n) is 4.39. The third-order valence-corrected chi connectivity index (χ3v) is 3.65. The second-order valence-corrected chi connectivity index (χ2v) is 4.39. The van der Waals surface area contributed by atoms with E-state index < -0.39 is 23.6 Å². The molecule has 1 aliphatic heterocycles. The molecule has 1 saturated heterocycles. The average molecular weight is 211 g/mol. The lowest BCUT2D eigenvalue weighted by molar-refractivity contribution is -0.165. The Bertz CT molecular complexity index is 345. The fraction of sp³-hybridized carbons (Fsp3) is 0.700. The highest BCUT2D eigenvalue weighted by atomic mass is 16.4. The van der Waals surface area contributed by atoms with Gasteiger partial charge in [0, 0.05) is 19.0 Å². The lowest BCUT2D eigenvalue weighted by atomic mass is 9.68.